The van der Waals surface area contributed by atoms with Gasteiger partial charge in [0.25, 0.3) is 0 Å². The second-order valence-electron chi connectivity index (χ2n) is 5.52. The molecule has 0 amide bonds. The second kappa shape index (κ2) is 9.70. The number of hydrogen-bond donors (Lipinski definition) is 1. The van der Waals surface area contributed by atoms with Crippen molar-refractivity contribution in [2.24, 2.45) is 0 Å². The van der Waals surface area contributed by atoms with Gasteiger partial charge in [-0.15, -0.1) is 0 Å². The predicted molar refractivity (Wildman–Crippen MR) is 96.4 cm³/mol. The van der Waals surface area contributed by atoms with Gasteiger partial charge in [0, 0.05) is 30.3 Å². The summed E-state index contributed by atoms with van der Waals surface area (Å²) in [6.07, 6.45) is 0. The molecule has 2 aromatic carbocycles. The lowest BCUT2D eigenvalue weighted by atomic mass is 10.1. The third-order valence-corrected chi connectivity index (χ3v) is 3.90. The van der Waals surface area contributed by atoms with E-state index in [1.165, 1.54) is 26.4 Å². The first kappa shape index (κ1) is 21.2. The van der Waals surface area contributed by atoms with Gasteiger partial charge in [0.05, 0.1) is 26.3 Å². The Kier molecular flexibility index (Phi) is 7.33. The molecule has 0 bridgehead atoms. The largest absolute Gasteiger partial charge is 0.497 e. The van der Waals surface area contributed by atoms with Gasteiger partial charge in [-0.25, -0.2) is 0 Å². The van der Waals surface area contributed by atoms with Gasteiger partial charge in [-0.05, 0) is 24.3 Å². The number of hydrogen-bond acceptors (Lipinski definition) is 7. The Morgan fingerprint density at radius 1 is 1.00 bits per heavy atom. The maximum Gasteiger partial charge on any atom is 0.387 e. The van der Waals surface area contributed by atoms with Crippen molar-refractivity contribution in [1.29, 1.82) is 0 Å². The van der Waals surface area contributed by atoms with Crippen LogP contribution in [0.15, 0.2) is 30.3 Å². The molecule has 0 aliphatic carbocycles. The Hall–Kier alpha value is -3.14. The summed E-state index contributed by atoms with van der Waals surface area (Å²) in [6, 6.07) is 7.79. The molecule has 8 nitrogen and oxygen atoms in total. The summed E-state index contributed by atoms with van der Waals surface area (Å²) < 4.78 is 45.6. The first-order chi connectivity index (χ1) is 13.4. The van der Waals surface area contributed by atoms with E-state index < -0.39 is 17.2 Å². The topological polar surface area (TPSA) is 92.1 Å². The Morgan fingerprint density at radius 2 is 1.71 bits per heavy atom. The first-order valence-electron chi connectivity index (χ1n) is 8.12. The van der Waals surface area contributed by atoms with Crippen LogP contribution in [-0.4, -0.2) is 32.9 Å². The molecule has 10 heteroatoms. The van der Waals surface area contributed by atoms with Gasteiger partial charge in [-0.3, -0.25) is 10.1 Å². The van der Waals surface area contributed by atoms with Crippen LogP contribution in [0.4, 0.5) is 14.5 Å². The zero-order chi connectivity index (χ0) is 20.7. The highest BCUT2D eigenvalue weighted by Gasteiger charge is 2.25. The molecular weight excluding hydrogens is 378 g/mol. The number of nitro groups is 1. The quantitative estimate of drug-likeness (QED) is 0.484. The Bertz CT molecular complexity index is 832. The van der Waals surface area contributed by atoms with Crippen molar-refractivity contribution < 1.29 is 32.7 Å². The van der Waals surface area contributed by atoms with Gasteiger partial charge >= 0.3 is 12.3 Å². The molecule has 152 valence electrons. The maximum atomic E-state index is 12.8. The molecule has 0 aromatic heterocycles. The van der Waals surface area contributed by atoms with Gasteiger partial charge in [-0.1, -0.05) is 0 Å². The summed E-state index contributed by atoms with van der Waals surface area (Å²) in [4.78, 5) is 10.4. The minimum Gasteiger partial charge on any atom is -0.497 e. The number of halogens is 2. The van der Waals surface area contributed by atoms with Crippen molar-refractivity contribution in [2.75, 3.05) is 21.3 Å². The van der Waals surface area contributed by atoms with Crippen molar-refractivity contribution in [3.05, 3.63) is 51.6 Å². The van der Waals surface area contributed by atoms with E-state index in [1.807, 2.05) is 0 Å². The van der Waals surface area contributed by atoms with Crippen LogP contribution in [0.25, 0.3) is 0 Å². The van der Waals surface area contributed by atoms with Crippen LogP contribution in [0.2, 0.25) is 0 Å². The minimum atomic E-state index is -3.16. The third-order valence-electron chi connectivity index (χ3n) is 3.90. The first-order valence-corrected chi connectivity index (χ1v) is 8.12. The molecule has 0 aliphatic heterocycles. The number of rotatable bonds is 10. The Balaban J connectivity index is 2.25. The van der Waals surface area contributed by atoms with Crippen molar-refractivity contribution in [3.8, 4) is 23.0 Å². The maximum absolute atomic E-state index is 12.8. The summed E-state index contributed by atoms with van der Waals surface area (Å²) in [5, 5.41) is 14.2. The number of nitrogens with zero attached hydrogens (tertiary/aromatic N) is 1. The highest BCUT2D eigenvalue weighted by molar-refractivity contribution is 5.59. The van der Waals surface area contributed by atoms with Gasteiger partial charge in [0.15, 0.2) is 5.75 Å². The molecule has 0 saturated carbocycles. The molecule has 1 N–H and O–H groups in total. The molecule has 2 rings (SSSR count). The summed E-state index contributed by atoms with van der Waals surface area (Å²) in [6.45, 7) is -2.74. The van der Waals surface area contributed by atoms with E-state index in [0.29, 0.717) is 18.0 Å². The monoisotopic (exact) mass is 398 g/mol. The molecule has 0 heterocycles. The lowest BCUT2D eigenvalue weighted by Crippen LogP contribution is -2.16. The highest BCUT2D eigenvalue weighted by atomic mass is 19.3. The average Bonchev–Trinajstić information content (AvgIpc) is 2.67. The van der Waals surface area contributed by atoms with Crippen LogP contribution >= 0.6 is 0 Å². The van der Waals surface area contributed by atoms with Gasteiger partial charge < -0.3 is 24.3 Å². The number of nitrogens with one attached hydrogen (secondary N) is 1. The van der Waals surface area contributed by atoms with E-state index in [9.17, 15) is 18.9 Å². The number of alkyl halides is 2. The van der Waals surface area contributed by atoms with Crippen molar-refractivity contribution in [1.82, 2.24) is 5.32 Å². The van der Waals surface area contributed by atoms with Crippen LogP contribution in [0.3, 0.4) is 0 Å². The fraction of sp³-hybridized carbons (Fsp3) is 0.333. The molecule has 0 saturated heterocycles. The van der Waals surface area contributed by atoms with Crippen molar-refractivity contribution in [3.63, 3.8) is 0 Å². The Morgan fingerprint density at radius 3 is 2.29 bits per heavy atom. The van der Waals surface area contributed by atoms with Gasteiger partial charge in [0.1, 0.15) is 11.5 Å². The normalized spacial score (nSPS) is 10.6. The lowest BCUT2D eigenvalue weighted by molar-refractivity contribution is -0.385. The zero-order valence-electron chi connectivity index (χ0n) is 15.5. The summed E-state index contributed by atoms with van der Waals surface area (Å²) >= 11 is 0. The zero-order valence-corrected chi connectivity index (χ0v) is 15.5. The molecular formula is C18H20F2N2O6. The van der Waals surface area contributed by atoms with Crippen LogP contribution in [0.1, 0.15) is 11.1 Å². The standard InChI is InChI=1S/C18H20F2N2O6/c1-25-13-5-7-15(26-2)12(8-13)10-21-9-11-4-6-14(22(23)24)17(27-3)16(11)28-18(19)20/h4-8,18,21H,9-10H2,1-3H3. The average molecular weight is 398 g/mol. The molecule has 2 aromatic rings. The number of ether oxygens (including phenoxy) is 4. The fourth-order valence-corrected chi connectivity index (χ4v) is 2.64. The predicted octanol–water partition coefficient (Wildman–Crippen LogP) is 3.51. The SMILES string of the molecule is COc1ccc(OC)c(CNCc2ccc([N+](=O)[O-])c(OC)c2OC(F)F)c1. The van der Waals surface area contributed by atoms with E-state index in [1.54, 1.807) is 18.2 Å². The summed E-state index contributed by atoms with van der Waals surface area (Å²) in [5.41, 5.74) is 0.605. The van der Waals surface area contributed by atoms with Crippen molar-refractivity contribution >= 4 is 5.69 Å². The van der Waals surface area contributed by atoms with Crippen molar-refractivity contribution in [2.45, 2.75) is 19.7 Å². The highest BCUT2D eigenvalue weighted by Crippen LogP contribution is 2.40. The number of benzene rings is 2. The van der Waals surface area contributed by atoms with Crippen LogP contribution < -0.4 is 24.3 Å². The van der Waals surface area contributed by atoms with E-state index in [0.717, 1.165) is 12.7 Å². The molecule has 0 fully saturated rings. The summed E-state index contributed by atoms with van der Waals surface area (Å²) in [7, 11) is 4.22. The Labute approximate surface area is 160 Å². The minimum absolute atomic E-state index is 0.0940. The fourth-order valence-electron chi connectivity index (χ4n) is 2.64. The number of methoxy groups -OCH3 is 3. The summed E-state index contributed by atoms with van der Waals surface area (Å²) in [5.74, 6) is 0.523. The van der Waals surface area contributed by atoms with E-state index in [4.69, 9.17) is 14.2 Å². The van der Waals surface area contributed by atoms with E-state index in [-0.39, 0.29) is 23.6 Å². The second-order valence-corrected chi connectivity index (χ2v) is 5.52. The van der Waals surface area contributed by atoms with E-state index in [2.05, 4.69) is 10.1 Å². The molecule has 28 heavy (non-hydrogen) atoms. The van der Waals surface area contributed by atoms with Gasteiger partial charge in [-0.2, -0.15) is 8.78 Å². The molecule has 0 aliphatic rings. The van der Waals surface area contributed by atoms with Gasteiger partial charge in [0.2, 0.25) is 5.75 Å². The lowest BCUT2D eigenvalue weighted by Gasteiger charge is -2.16. The van der Waals surface area contributed by atoms with Crippen LogP contribution in [0.5, 0.6) is 23.0 Å². The smallest absolute Gasteiger partial charge is 0.387 e. The van der Waals surface area contributed by atoms with Crippen LogP contribution in [0, 0.1) is 10.1 Å². The van der Waals surface area contributed by atoms with E-state index >= 15 is 0 Å². The third kappa shape index (κ3) is 4.97. The molecule has 0 unspecified atom stereocenters. The molecule has 0 atom stereocenters. The molecule has 0 radical (unpaired) electrons. The molecule has 0 spiro atoms. The number of nitro benzene ring substituents is 1. The van der Waals surface area contributed by atoms with Crippen LogP contribution in [-0.2, 0) is 13.1 Å².